The fourth-order valence-electron chi connectivity index (χ4n) is 3.04. The van der Waals surface area contributed by atoms with E-state index in [-0.39, 0.29) is 0 Å². The number of benzene rings is 2. The van der Waals surface area contributed by atoms with Crippen LogP contribution in [0.25, 0.3) is 22.4 Å². The van der Waals surface area contributed by atoms with Crippen LogP contribution in [0.1, 0.15) is 12.0 Å². The van der Waals surface area contributed by atoms with Crippen LogP contribution in [0, 0.1) is 0 Å². The number of hydrogen-bond acceptors (Lipinski definition) is 2. The highest BCUT2D eigenvalue weighted by atomic mass is 35.5. The lowest BCUT2D eigenvalue weighted by atomic mass is 10.0. The molecule has 0 spiro atoms. The first-order valence-corrected chi connectivity index (χ1v) is 7.59. The summed E-state index contributed by atoms with van der Waals surface area (Å²) < 4.78 is 2.11. The molecule has 0 bridgehead atoms. The monoisotopic (exact) mass is 297 g/mol. The third kappa shape index (κ3) is 2.09. The van der Waals surface area contributed by atoms with Crippen LogP contribution in [0.4, 0.5) is 5.69 Å². The van der Waals surface area contributed by atoms with Crippen LogP contribution in [-0.2, 0) is 13.5 Å². The first-order valence-electron chi connectivity index (χ1n) is 7.21. The van der Waals surface area contributed by atoms with E-state index in [4.69, 9.17) is 16.6 Å². The molecule has 1 N–H and O–H groups in total. The summed E-state index contributed by atoms with van der Waals surface area (Å²) in [6.45, 7) is 1.07. The van der Waals surface area contributed by atoms with Gasteiger partial charge >= 0.3 is 0 Å². The van der Waals surface area contributed by atoms with Crippen LogP contribution in [0.2, 0.25) is 5.02 Å². The smallest absolute Gasteiger partial charge is 0.140 e. The van der Waals surface area contributed by atoms with Crippen molar-refractivity contribution < 1.29 is 0 Å². The number of nitrogens with zero attached hydrogens (tertiary/aromatic N) is 2. The van der Waals surface area contributed by atoms with Gasteiger partial charge in [0.2, 0.25) is 0 Å². The first kappa shape index (κ1) is 12.7. The molecule has 0 atom stereocenters. The highest BCUT2D eigenvalue weighted by molar-refractivity contribution is 6.31. The summed E-state index contributed by atoms with van der Waals surface area (Å²) in [5.74, 6) is 0.987. The number of nitrogens with one attached hydrogen (secondary N) is 1. The van der Waals surface area contributed by atoms with Crippen molar-refractivity contribution in [2.24, 2.45) is 7.05 Å². The second-order valence-electron chi connectivity index (χ2n) is 5.53. The Morgan fingerprint density at radius 3 is 3.00 bits per heavy atom. The number of halogens is 1. The van der Waals surface area contributed by atoms with Gasteiger partial charge in [-0.25, -0.2) is 4.98 Å². The molecular formula is C17H16ClN3. The molecule has 0 saturated heterocycles. The van der Waals surface area contributed by atoms with Crippen molar-refractivity contribution in [1.82, 2.24) is 9.55 Å². The van der Waals surface area contributed by atoms with E-state index in [1.165, 1.54) is 17.7 Å². The predicted octanol–water partition coefficient (Wildman–Crippen LogP) is 4.25. The molecular weight excluding hydrogens is 282 g/mol. The summed E-state index contributed by atoms with van der Waals surface area (Å²) in [5.41, 5.74) is 5.84. The van der Waals surface area contributed by atoms with E-state index in [1.807, 2.05) is 25.2 Å². The highest BCUT2D eigenvalue weighted by Gasteiger charge is 2.14. The summed E-state index contributed by atoms with van der Waals surface area (Å²) in [7, 11) is 2.04. The fourth-order valence-corrected chi connectivity index (χ4v) is 3.20. The molecule has 2 heterocycles. The van der Waals surface area contributed by atoms with E-state index in [9.17, 15) is 0 Å². The van der Waals surface area contributed by atoms with E-state index in [2.05, 4.69) is 28.1 Å². The molecule has 1 aliphatic rings. The summed E-state index contributed by atoms with van der Waals surface area (Å²) in [6, 6.07) is 12.4. The van der Waals surface area contributed by atoms with Gasteiger partial charge in [-0.1, -0.05) is 11.6 Å². The van der Waals surface area contributed by atoms with Crippen molar-refractivity contribution in [3.05, 3.63) is 47.0 Å². The number of aromatic nitrogens is 2. The second kappa shape index (κ2) is 4.78. The molecule has 4 heteroatoms. The van der Waals surface area contributed by atoms with Gasteiger partial charge in [-0.15, -0.1) is 0 Å². The largest absolute Gasteiger partial charge is 0.385 e. The number of aryl methyl sites for hydroxylation is 2. The Balaban J connectivity index is 1.88. The zero-order chi connectivity index (χ0) is 14.4. The SMILES string of the molecule is Cn1c(-c2ccc3c(c2)CCCN3)nc2ccc(Cl)cc21. The van der Waals surface area contributed by atoms with Crippen LogP contribution in [0.5, 0.6) is 0 Å². The van der Waals surface area contributed by atoms with Gasteiger partial charge in [0, 0.05) is 29.9 Å². The first-order chi connectivity index (χ1) is 10.2. The molecule has 0 fully saturated rings. The lowest BCUT2D eigenvalue weighted by Gasteiger charge is -2.18. The van der Waals surface area contributed by atoms with Gasteiger partial charge in [0.15, 0.2) is 0 Å². The Hall–Kier alpha value is -2.00. The second-order valence-corrected chi connectivity index (χ2v) is 5.97. The minimum atomic E-state index is 0.742. The minimum absolute atomic E-state index is 0.742. The third-order valence-electron chi connectivity index (χ3n) is 4.14. The zero-order valence-electron chi connectivity index (χ0n) is 11.9. The maximum Gasteiger partial charge on any atom is 0.140 e. The van der Waals surface area contributed by atoms with E-state index in [1.54, 1.807) is 0 Å². The molecule has 1 aromatic heterocycles. The normalized spacial score (nSPS) is 14.0. The van der Waals surface area contributed by atoms with Crippen molar-refractivity contribution in [2.45, 2.75) is 12.8 Å². The van der Waals surface area contributed by atoms with Crippen molar-refractivity contribution in [2.75, 3.05) is 11.9 Å². The van der Waals surface area contributed by atoms with Gasteiger partial charge in [-0.2, -0.15) is 0 Å². The van der Waals surface area contributed by atoms with Crippen LogP contribution >= 0.6 is 11.6 Å². The molecule has 1 aliphatic heterocycles. The van der Waals surface area contributed by atoms with Gasteiger partial charge in [0.05, 0.1) is 11.0 Å². The van der Waals surface area contributed by atoms with Gasteiger partial charge in [0.25, 0.3) is 0 Å². The average molecular weight is 298 g/mol. The number of anilines is 1. The average Bonchev–Trinajstić information content (AvgIpc) is 2.84. The molecule has 0 aliphatic carbocycles. The number of imidazole rings is 1. The molecule has 2 aromatic carbocycles. The summed E-state index contributed by atoms with van der Waals surface area (Å²) in [4.78, 5) is 4.76. The van der Waals surface area contributed by atoms with Crippen molar-refractivity contribution in [1.29, 1.82) is 0 Å². The highest BCUT2D eigenvalue weighted by Crippen LogP contribution is 2.30. The third-order valence-corrected chi connectivity index (χ3v) is 4.38. The Bertz CT molecular complexity index is 835. The van der Waals surface area contributed by atoms with Crippen molar-refractivity contribution in [3.8, 4) is 11.4 Å². The predicted molar refractivity (Wildman–Crippen MR) is 88.0 cm³/mol. The van der Waals surface area contributed by atoms with Crippen LogP contribution < -0.4 is 5.32 Å². The minimum Gasteiger partial charge on any atom is -0.385 e. The van der Waals surface area contributed by atoms with Gasteiger partial charge < -0.3 is 9.88 Å². The topological polar surface area (TPSA) is 29.9 Å². The Morgan fingerprint density at radius 1 is 1.19 bits per heavy atom. The van der Waals surface area contributed by atoms with Crippen LogP contribution in [-0.4, -0.2) is 16.1 Å². The summed E-state index contributed by atoms with van der Waals surface area (Å²) >= 11 is 6.09. The molecule has 0 saturated carbocycles. The van der Waals surface area contributed by atoms with Crippen molar-refractivity contribution in [3.63, 3.8) is 0 Å². The van der Waals surface area contributed by atoms with Crippen LogP contribution in [0.15, 0.2) is 36.4 Å². The van der Waals surface area contributed by atoms with E-state index < -0.39 is 0 Å². The van der Waals surface area contributed by atoms with Gasteiger partial charge in [0.1, 0.15) is 5.82 Å². The van der Waals surface area contributed by atoms with E-state index in [0.29, 0.717) is 0 Å². The summed E-state index contributed by atoms with van der Waals surface area (Å²) in [5, 5.41) is 4.19. The molecule has 0 unspecified atom stereocenters. The maximum absolute atomic E-state index is 6.09. The quantitative estimate of drug-likeness (QED) is 0.727. The zero-order valence-corrected chi connectivity index (χ0v) is 12.6. The number of hydrogen-bond donors (Lipinski definition) is 1. The molecule has 3 aromatic rings. The molecule has 21 heavy (non-hydrogen) atoms. The Labute approximate surface area is 128 Å². The molecule has 3 nitrogen and oxygen atoms in total. The lowest BCUT2D eigenvalue weighted by Crippen LogP contribution is -2.11. The van der Waals surface area contributed by atoms with E-state index in [0.717, 1.165) is 40.4 Å². The lowest BCUT2D eigenvalue weighted by molar-refractivity contribution is 0.830. The summed E-state index contributed by atoms with van der Waals surface area (Å²) in [6.07, 6.45) is 2.32. The standard InChI is InChI=1S/C17H16ClN3/c1-21-16-10-13(18)5-7-15(16)20-17(21)12-4-6-14-11(9-12)3-2-8-19-14/h4-7,9-10,19H,2-3,8H2,1H3. The molecule has 0 radical (unpaired) electrons. The number of fused-ring (bicyclic) bond motifs is 2. The van der Waals surface area contributed by atoms with Crippen LogP contribution in [0.3, 0.4) is 0 Å². The van der Waals surface area contributed by atoms with Gasteiger partial charge in [-0.3, -0.25) is 0 Å². The fraction of sp³-hybridized carbons (Fsp3) is 0.235. The molecule has 4 rings (SSSR count). The molecule has 0 amide bonds. The molecule has 106 valence electrons. The number of rotatable bonds is 1. The maximum atomic E-state index is 6.09. The van der Waals surface area contributed by atoms with E-state index >= 15 is 0 Å². The van der Waals surface area contributed by atoms with Gasteiger partial charge in [-0.05, 0) is 54.8 Å². The Kier molecular flexibility index (Phi) is 2.89. The van der Waals surface area contributed by atoms with Crippen molar-refractivity contribution >= 4 is 28.3 Å². The Morgan fingerprint density at radius 2 is 2.10 bits per heavy atom.